The first-order valence-corrected chi connectivity index (χ1v) is 12.1. The second-order valence-corrected chi connectivity index (χ2v) is 9.76. The molecule has 5 aromatic carbocycles. The van der Waals surface area contributed by atoms with Gasteiger partial charge in [0.2, 0.25) is 0 Å². The molecule has 0 radical (unpaired) electrons. The van der Waals surface area contributed by atoms with Crippen LogP contribution in [0, 0.1) is 6.92 Å². The number of aromatic nitrogens is 1. The van der Waals surface area contributed by atoms with Crippen molar-refractivity contribution in [1.29, 1.82) is 0 Å². The van der Waals surface area contributed by atoms with Crippen molar-refractivity contribution in [2.45, 2.75) is 6.92 Å². The number of nitrogens with zero attached hydrogens (tertiary/aromatic N) is 1. The highest BCUT2D eigenvalue weighted by Gasteiger charge is 2.16. The van der Waals surface area contributed by atoms with Gasteiger partial charge in [-0.2, -0.15) is 0 Å². The molecule has 0 aliphatic heterocycles. The molecule has 2 aromatic heterocycles. The van der Waals surface area contributed by atoms with Crippen LogP contribution in [0.5, 0.6) is 0 Å². The Morgan fingerprint density at radius 3 is 2.24 bits per heavy atom. The summed E-state index contributed by atoms with van der Waals surface area (Å²) >= 11 is 1.89. The molecule has 1 nitrogen and oxygen atoms in total. The molecule has 2 heteroatoms. The summed E-state index contributed by atoms with van der Waals surface area (Å²) in [4.78, 5) is 0. The van der Waals surface area contributed by atoms with E-state index in [4.69, 9.17) is 0 Å². The Kier molecular flexibility index (Phi) is 3.99. The third-order valence-electron chi connectivity index (χ3n) is 6.65. The van der Waals surface area contributed by atoms with Crippen molar-refractivity contribution < 1.29 is 0 Å². The molecule has 0 saturated carbocycles. The molecule has 156 valence electrons. The zero-order chi connectivity index (χ0) is 21.9. The zero-order valence-electron chi connectivity index (χ0n) is 18.2. The van der Waals surface area contributed by atoms with Crippen molar-refractivity contribution in [3.63, 3.8) is 0 Å². The maximum Gasteiger partial charge on any atom is 0.0640 e. The molecule has 0 fully saturated rings. The molecule has 33 heavy (non-hydrogen) atoms. The van der Waals surface area contributed by atoms with Gasteiger partial charge >= 0.3 is 0 Å². The summed E-state index contributed by atoms with van der Waals surface area (Å²) in [7, 11) is 0. The summed E-state index contributed by atoms with van der Waals surface area (Å²) in [5.41, 5.74) is 7.55. The Bertz CT molecular complexity index is 1820. The predicted octanol–water partition coefficient (Wildman–Crippen LogP) is 9.13. The number of para-hydroxylation sites is 1. The normalized spacial score (nSPS) is 11.8. The SMILES string of the molecule is Cc1ccc2sc3c(-n4c5ccccc5c5cc(-c6ccccc6)ccc54)cccc3c2c1. The van der Waals surface area contributed by atoms with Crippen LogP contribution in [-0.4, -0.2) is 4.57 Å². The highest BCUT2D eigenvalue weighted by Crippen LogP contribution is 2.41. The quantitative estimate of drug-likeness (QED) is 0.253. The molecule has 0 saturated heterocycles. The van der Waals surface area contributed by atoms with E-state index in [1.165, 1.54) is 64.4 Å². The van der Waals surface area contributed by atoms with Gasteiger partial charge in [0.05, 0.1) is 21.4 Å². The van der Waals surface area contributed by atoms with Gasteiger partial charge in [-0.1, -0.05) is 78.4 Å². The number of aryl methyl sites for hydroxylation is 1. The van der Waals surface area contributed by atoms with E-state index >= 15 is 0 Å². The van der Waals surface area contributed by atoms with E-state index in [9.17, 15) is 0 Å². The minimum atomic E-state index is 1.25. The average molecular weight is 440 g/mol. The van der Waals surface area contributed by atoms with E-state index < -0.39 is 0 Å². The molecule has 7 rings (SSSR count). The van der Waals surface area contributed by atoms with Gasteiger partial charge in [0, 0.05) is 26.2 Å². The molecule has 0 unspecified atom stereocenters. The minimum Gasteiger partial charge on any atom is -0.308 e. The number of thiophene rings is 1. The second kappa shape index (κ2) is 7.06. The van der Waals surface area contributed by atoms with Gasteiger partial charge < -0.3 is 4.57 Å². The van der Waals surface area contributed by atoms with E-state index in [1.54, 1.807) is 0 Å². The van der Waals surface area contributed by atoms with Gasteiger partial charge in [-0.25, -0.2) is 0 Å². The minimum absolute atomic E-state index is 1.25. The fourth-order valence-electron chi connectivity index (χ4n) is 5.12. The van der Waals surface area contributed by atoms with Crippen LogP contribution in [0.25, 0.3) is 58.8 Å². The second-order valence-electron chi connectivity index (χ2n) is 8.71. The number of fused-ring (bicyclic) bond motifs is 6. The van der Waals surface area contributed by atoms with E-state index in [-0.39, 0.29) is 0 Å². The summed E-state index contributed by atoms with van der Waals surface area (Å²) in [6.07, 6.45) is 0. The average Bonchev–Trinajstić information content (AvgIpc) is 3.40. The zero-order valence-corrected chi connectivity index (χ0v) is 19.1. The first kappa shape index (κ1) is 18.7. The lowest BCUT2D eigenvalue weighted by Gasteiger charge is -2.10. The molecule has 0 N–H and O–H groups in total. The van der Waals surface area contributed by atoms with Crippen molar-refractivity contribution in [3.05, 3.63) is 115 Å². The van der Waals surface area contributed by atoms with Crippen LogP contribution in [0.3, 0.4) is 0 Å². The number of rotatable bonds is 2. The number of hydrogen-bond acceptors (Lipinski definition) is 1. The lowest BCUT2D eigenvalue weighted by molar-refractivity contribution is 1.20. The van der Waals surface area contributed by atoms with E-state index in [1.807, 2.05) is 11.3 Å². The Morgan fingerprint density at radius 2 is 1.33 bits per heavy atom. The maximum absolute atomic E-state index is 2.45. The third kappa shape index (κ3) is 2.78. The van der Waals surface area contributed by atoms with Crippen LogP contribution < -0.4 is 0 Å². The summed E-state index contributed by atoms with van der Waals surface area (Å²) < 4.78 is 5.13. The van der Waals surface area contributed by atoms with Gasteiger partial charge in [0.25, 0.3) is 0 Å². The maximum atomic E-state index is 2.45. The first-order chi connectivity index (χ1) is 16.3. The van der Waals surface area contributed by atoms with E-state index in [2.05, 4.69) is 121 Å². The summed E-state index contributed by atoms with van der Waals surface area (Å²) in [5.74, 6) is 0. The molecule has 7 aromatic rings. The topological polar surface area (TPSA) is 4.93 Å². The molecule has 0 aliphatic carbocycles. The van der Waals surface area contributed by atoms with Crippen molar-refractivity contribution >= 4 is 53.3 Å². The smallest absolute Gasteiger partial charge is 0.0640 e. The number of hydrogen-bond donors (Lipinski definition) is 0. The Balaban J connectivity index is 1.58. The monoisotopic (exact) mass is 439 g/mol. The third-order valence-corrected chi connectivity index (χ3v) is 7.86. The lowest BCUT2D eigenvalue weighted by atomic mass is 10.0. The Morgan fingerprint density at radius 1 is 0.545 bits per heavy atom. The van der Waals surface area contributed by atoms with Crippen LogP contribution in [-0.2, 0) is 0 Å². The van der Waals surface area contributed by atoms with Gasteiger partial charge in [0.15, 0.2) is 0 Å². The van der Waals surface area contributed by atoms with E-state index in [0.717, 1.165) is 0 Å². The Hall–Kier alpha value is -3.88. The van der Waals surface area contributed by atoms with Crippen LogP contribution >= 0.6 is 11.3 Å². The van der Waals surface area contributed by atoms with Gasteiger partial charge in [-0.05, 0) is 54.4 Å². The fraction of sp³-hybridized carbons (Fsp3) is 0.0323. The van der Waals surface area contributed by atoms with Gasteiger partial charge in [-0.15, -0.1) is 11.3 Å². The van der Waals surface area contributed by atoms with Crippen LogP contribution in [0.4, 0.5) is 0 Å². The summed E-state index contributed by atoms with van der Waals surface area (Å²) in [6.45, 7) is 2.17. The van der Waals surface area contributed by atoms with Crippen molar-refractivity contribution in [1.82, 2.24) is 4.57 Å². The highest BCUT2D eigenvalue weighted by molar-refractivity contribution is 7.26. The molecule has 0 bridgehead atoms. The molecule has 0 spiro atoms. The van der Waals surface area contributed by atoms with E-state index in [0.29, 0.717) is 0 Å². The molecular formula is C31H21NS. The van der Waals surface area contributed by atoms with Crippen LogP contribution in [0.2, 0.25) is 0 Å². The van der Waals surface area contributed by atoms with Crippen molar-refractivity contribution in [2.75, 3.05) is 0 Å². The van der Waals surface area contributed by atoms with Crippen LogP contribution in [0.15, 0.2) is 109 Å². The summed E-state index contributed by atoms with van der Waals surface area (Å²) in [6, 6.07) is 39.8. The standard InChI is InChI=1S/C31H21NS/c1-20-14-17-30-26(18-20)24-11-7-13-29(31(24)33-30)32-27-12-6-5-10-23(27)25-19-22(15-16-28(25)32)21-8-3-2-4-9-21/h2-19H,1H3. The first-order valence-electron chi connectivity index (χ1n) is 11.3. The predicted molar refractivity (Wildman–Crippen MR) is 144 cm³/mol. The lowest BCUT2D eigenvalue weighted by Crippen LogP contribution is -1.93. The Labute approximate surface area is 196 Å². The van der Waals surface area contributed by atoms with Crippen molar-refractivity contribution in [2.24, 2.45) is 0 Å². The van der Waals surface area contributed by atoms with Crippen molar-refractivity contribution in [3.8, 4) is 16.8 Å². The molecule has 0 atom stereocenters. The largest absolute Gasteiger partial charge is 0.308 e. The molecule has 0 aliphatic rings. The van der Waals surface area contributed by atoms with Crippen LogP contribution in [0.1, 0.15) is 5.56 Å². The molecular weight excluding hydrogens is 418 g/mol. The fourth-order valence-corrected chi connectivity index (χ4v) is 6.30. The molecule has 2 heterocycles. The number of benzene rings is 5. The summed E-state index contributed by atoms with van der Waals surface area (Å²) in [5, 5.41) is 5.27. The highest BCUT2D eigenvalue weighted by atomic mass is 32.1. The van der Waals surface area contributed by atoms with Gasteiger partial charge in [-0.3, -0.25) is 0 Å². The van der Waals surface area contributed by atoms with Gasteiger partial charge in [0.1, 0.15) is 0 Å². The molecule has 0 amide bonds.